The summed E-state index contributed by atoms with van der Waals surface area (Å²) in [6.45, 7) is 6.87. The van der Waals surface area contributed by atoms with Crippen molar-refractivity contribution in [1.82, 2.24) is 20.1 Å². The Kier molecular flexibility index (Phi) is 4.76. The van der Waals surface area contributed by atoms with Crippen molar-refractivity contribution in [3.8, 4) is 11.4 Å². The number of rotatable bonds is 4. The van der Waals surface area contributed by atoms with Gasteiger partial charge in [0.1, 0.15) is 5.82 Å². The Bertz CT molecular complexity index is 809. The molecule has 0 radical (unpaired) electrons. The van der Waals surface area contributed by atoms with E-state index in [-0.39, 0.29) is 11.8 Å². The highest BCUT2D eigenvalue weighted by atomic mass is 16.1. The Balaban J connectivity index is 1.58. The highest BCUT2D eigenvalue weighted by Gasteiger charge is 2.29. The normalized spacial score (nSPS) is 18.5. The van der Waals surface area contributed by atoms with E-state index >= 15 is 0 Å². The molecule has 1 unspecified atom stereocenters. The van der Waals surface area contributed by atoms with Crippen molar-refractivity contribution in [2.45, 2.75) is 46.1 Å². The minimum Gasteiger partial charge on any atom is -0.326 e. The van der Waals surface area contributed by atoms with Gasteiger partial charge < -0.3 is 15.2 Å². The van der Waals surface area contributed by atoms with E-state index in [1.807, 2.05) is 19.9 Å². The van der Waals surface area contributed by atoms with Crippen LogP contribution < -0.4 is 10.6 Å². The molecule has 1 atom stereocenters. The molecule has 26 heavy (non-hydrogen) atoms. The topological polar surface area (TPSA) is 71.8 Å². The van der Waals surface area contributed by atoms with Crippen LogP contribution in [-0.2, 0) is 17.8 Å². The fraction of sp³-hybridized carbons (Fsp3) is 0.550. The number of hydrogen-bond donors (Lipinski definition) is 2. The van der Waals surface area contributed by atoms with Crippen molar-refractivity contribution in [3.63, 3.8) is 0 Å². The summed E-state index contributed by atoms with van der Waals surface area (Å²) in [5.74, 6) is 2.54. The number of aromatic nitrogens is 3. The van der Waals surface area contributed by atoms with Gasteiger partial charge in [-0.3, -0.25) is 4.79 Å². The van der Waals surface area contributed by atoms with Crippen molar-refractivity contribution >= 4 is 11.6 Å². The summed E-state index contributed by atoms with van der Waals surface area (Å²) >= 11 is 0. The second kappa shape index (κ2) is 7.19. The standard InChI is InChI=1S/C20H27N5O/c1-13-7-8-15(19-24-23-18-6-4-3-5-9-25(18)19)10-17(13)22-20(26)14(2)16-11-21-12-16/h7-8,10,14,16,21H,3-6,9,11-12H2,1-2H3,(H,22,26). The monoisotopic (exact) mass is 353 g/mol. The lowest BCUT2D eigenvalue weighted by molar-refractivity contribution is -0.121. The minimum absolute atomic E-state index is 0.0173. The summed E-state index contributed by atoms with van der Waals surface area (Å²) in [6, 6.07) is 6.17. The number of carbonyl (C=O) groups excluding carboxylic acids is 1. The highest BCUT2D eigenvalue weighted by Crippen LogP contribution is 2.28. The van der Waals surface area contributed by atoms with Crippen LogP contribution in [0, 0.1) is 18.8 Å². The summed E-state index contributed by atoms with van der Waals surface area (Å²) in [5.41, 5.74) is 2.96. The Morgan fingerprint density at radius 1 is 1.27 bits per heavy atom. The molecule has 2 aromatic rings. The van der Waals surface area contributed by atoms with E-state index in [0.29, 0.717) is 5.92 Å². The highest BCUT2D eigenvalue weighted by molar-refractivity contribution is 5.94. The zero-order valence-corrected chi connectivity index (χ0v) is 15.6. The van der Waals surface area contributed by atoms with Crippen LogP contribution in [0.1, 0.15) is 37.6 Å². The molecule has 0 aliphatic carbocycles. The van der Waals surface area contributed by atoms with E-state index in [0.717, 1.165) is 54.5 Å². The van der Waals surface area contributed by atoms with E-state index in [2.05, 4.69) is 37.5 Å². The Labute approximate surface area is 154 Å². The minimum atomic E-state index is 0.0173. The molecule has 3 heterocycles. The largest absolute Gasteiger partial charge is 0.326 e. The average Bonchev–Trinajstić information content (AvgIpc) is 2.83. The van der Waals surface area contributed by atoms with Crippen molar-refractivity contribution in [1.29, 1.82) is 0 Å². The van der Waals surface area contributed by atoms with Crippen LogP contribution in [-0.4, -0.2) is 33.8 Å². The van der Waals surface area contributed by atoms with Crippen molar-refractivity contribution < 1.29 is 4.79 Å². The van der Waals surface area contributed by atoms with Gasteiger partial charge in [-0.05, 0) is 50.4 Å². The van der Waals surface area contributed by atoms with Gasteiger partial charge in [-0.2, -0.15) is 0 Å². The molecule has 2 aliphatic heterocycles. The van der Waals surface area contributed by atoms with Gasteiger partial charge in [-0.15, -0.1) is 10.2 Å². The Hall–Kier alpha value is -2.21. The predicted molar refractivity (Wildman–Crippen MR) is 102 cm³/mol. The molecule has 0 saturated carbocycles. The van der Waals surface area contributed by atoms with E-state index in [1.165, 1.54) is 19.3 Å². The maximum atomic E-state index is 12.6. The van der Waals surface area contributed by atoms with Gasteiger partial charge in [0.25, 0.3) is 0 Å². The van der Waals surface area contributed by atoms with Crippen LogP contribution >= 0.6 is 0 Å². The van der Waals surface area contributed by atoms with E-state index < -0.39 is 0 Å². The second-order valence-electron chi connectivity index (χ2n) is 7.63. The fourth-order valence-electron chi connectivity index (χ4n) is 3.72. The number of amides is 1. The molecule has 1 aromatic heterocycles. The number of anilines is 1. The molecule has 1 aromatic carbocycles. The third-order valence-corrected chi connectivity index (χ3v) is 5.80. The molecule has 1 amide bonds. The Morgan fingerprint density at radius 3 is 2.88 bits per heavy atom. The second-order valence-corrected chi connectivity index (χ2v) is 7.63. The number of hydrogen-bond acceptors (Lipinski definition) is 4. The fourth-order valence-corrected chi connectivity index (χ4v) is 3.72. The van der Waals surface area contributed by atoms with E-state index in [4.69, 9.17) is 0 Å². The average molecular weight is 353 g/mol. The van der Waals surface area contributed by atoms with Crippen LogP contribution in [0.5, 0.6) is 0 Å². The number of nitrogens with one attached hydrogen (secondary N) is 2. The van der Waals surface area contributed by atoms with Gasteiger partial charge in [0.2, 0.25) is 5.91 Å². The first kappa shape index (κ1) is 17.2. The van der Waals surface area contributed by atoms with Crippen LogP contribution in [0.4, 0.5) is 5.69 Å². The summed E-state index contributed by atoms with van der Waals surface area (Å²) < 4.78 is 2.24. The molecule has 138 valence electrons. The maximum absolute atomic E-state index is 12.6. The quantitative estimate of drug-likeness (QED) is 0.887. The van der Waals surface area contributed by atoms with Gasteiger partial charge in [-0.1, -0.05) is 25.5 Å². The smallest absolute Gasteiger partial charge is 0.227 e. The third kappa shape index (κ3) is 3.26. The number of carbonyl (C=O) groups is 1. The van der Waals surface area contributed by atoms with Crippen molar-refractivity contribution in [2.75, 3.05) is 18.4 Å². The van der Waals surface area contributed by atoms with Gasteiger partial charge in [-0.25, -0.2) is 0 Å². The van der Waals surface area contributed by atoms with Crippen LogP contribution in [0.25, 0.3) is 11.4 Å². The van der Waals surface area contributed by atoms with Crippen LogP contribution in [0.2, 0.25) is 0 Å². The summed E-state index contributed by atoms with van der Waals surface area (Å²) in [5, 5.41) is 15.2. The van der Waals surface area contributed by atoms with E-state index in [9.17, 15) is 4.79 Å². The van der Waals surface area contributed by atoms with Gasteiger partial charge in [0, 0.05) is 30.1 Å². The van der Waals surface area contributed by atoms with Crippen LogP contribution in [0.15, 0.2) is 18.2 Å². The third-order valence-electron chi connectivity index (χ3n) is 5.80. The molecule has 0 bridgehead atoms. The lowest BCUT2D eigenvalue weighted by Crippen LogP contribution is -2.48. The number of aryl methyl sites for hydroxylation is 2. The zero-order chi connectivity index (χ0) is 18.1. The summed E-state index contributed by atoms with van der Waals surface area (Å²) in [7, 11) is 0. The first-order valence-electron chi connectivity index (χ1n) is 9.68. The molecule has 6 heteroatoms. The van der Waals surface area contributed by atoms with Gasteiger partial charge in [0.15, 0.2) is 5.82 Å². The van der Waals surface area contributed by atoms with Crippen molar-refractivity contribution in [3.05, 3.63) is 29.6 Å². The first-order chi connectivity index (χ1) is 12.6. The molecule has 6 nitrogen and oxygen atoms in total. The number of nitrogens with zero attached hydrogens (tertiary/aromatic N) is 3. The maximum Gasteiger partial charge on any atom is 0.227 e. The lowest BCUT2D eigenvalue weighted by atomic mass is 9.88. The molecule has 1 fully saturated rings. The van der Waals surface area contributed by atoms with Gasteiger partial charge in [0.05, 0.1) is 0 Å². The lowest BCUT2D eigenvalue weighted by Gasteiger charge is -2.31. The SMILES string of the molecule is Cc1ccc(-c2nnc3n2CCCCC3)cc1NC(=O)C(C)C1CNC1. The van der Waals surface area contributed by atoms with Crippen molar-refractivity contribution in [2.24, 2.45) is 11.8 Å². The number of fused-ring (bicyclic) bond motifs is 1. The first-order valence-corrected chi connectivity index (χ1v) is 9.68. The summed E-state index contributed by atoms with van der Waals surface area (Å²) in [4.78, 5) is 12.6. The number of benzene rings is 1. The molecular formula is C20H27N5O. The Morgan fingerprint density at radius 2 is 2.12 bits per heavy atom. The zero-order valence-electron chi connectivity index (χ0n) is 15.6. The van der Waals surface area contributed by atoms with Gasteiger partial charge >= 0.3 is 0 Å². The summed E-state index contributed by atoms with van der Waals surface area (Å²) in [6.07, 6.45) is 4.59. The predicted octanol–water partition coefficient (Wildman–Crippen LogP) is 2.77. The molecular weight excluding hydrogens is 326 g/mol. The molecule has 2 aliphatic rings. The van der Waals surface area contributed by atoms with Crippen LogP contribution in [0.3, 0.4) is 0 Å². The molecule has 4 rings (SSSR count). The van der Waals surface area contributed by atoms with E-state index in [1.54, 1.807) is 0 Å². The molecule has 0 spiro atoms. The molecule has 2 N–H and O–H groups in total. The molecule has 1 saturated heterocycles.